The van der Waals surface area contributed by atoms with Crippen LogP contribution in [-0.2, 0) is 0 Å². The van der Waals surface area contributed by atoms with Gasteiger partial charge in [-0.3, -0.25) is 9.89 Å². The first-order chi connectivity index (χ1) is 11.5. The Labute approximate surface area is 142 Å². The fraction of sp³-hybridized carbons (Fsp3) is 0.444. The molecular formula is C18H25N5O. The van der Waals surface area contributed by atoms with E-state index in [1.54, 1.807) is 0 Å². The number of nitrogens with two attached hydrogens (primary N) is 1. The van der Waals surface area contributed by atoms with Gasteiger partial charge < -0.3 is 16.0 Å². The van der Waals surface area contributed by atoms with Gasteiger partial charge in [0.1, 0.15) is 0 Å². The van der Waals surface area contributed by atoms with E-state index >= 15 is 0 Å². The van der Waals surface area contributed by atoms with Crippen LogP contribution in [0.5, 0.6) is 0 Å². The lowest BCUT2D eigenvalue weighted by molar-refractivity contribution is 0.102. The number of rotatable bonds is 7. The quantitative estimate of drug-likeness (QED) is 0.729. The number of benzene rings is 1. The highest BCUT2D eigenvalue weighted by Gasteiger charge is 2.26. The Morgan fingerprint density at radius 1 is 1.42 bits per heavy atom. The van der Waals surface area contributed by atoms with Crippen molar-refractivity contribution in [3.8, 4) is 0 Å². The lowest BCUT2D eigenvalue weighted by atomic mass is 10.0. The van der Waals surface area contributed by atoms with E-state index in [0.717, 1.165) is 29.9 Å². The van der Waals surface area contributed by atoms with E-state index in [-0.39, 0.29) is 11.9 Å². The number of nitrogens with zero attached hydrogens (tertiary/aromatic N) is 2. The van der Waals surface area contributed by atoms with E-state index in [1.807, 2.05) is 44.4 Å². The van der Waals surface area contributed by atoms with Crippen LogP contribution in [0.1, 0.15) is 53.0 Å². The van der Waals surface area contributed by atoms with Crippen LogP contribution in [0.15, 0.2) is 30.3 Å². The minimum atomic E-state index is -0.197. The summed E-state index contributed by atoms with van der Waals surface area (Å²) in [6, 6.07) is 9.52. The number of H-pyrrole nitrogens is 1. The van der Waals surface area contributed by atoms with Crippen LogP contribution >= 0.6 is 0 Å². The average Bonchev–Trinajstić information content (AvgIpc) is 3.29. The molecule has 0 aliphatic heterocycles. The molecule has 1 aromatic carbocycles. The fourth-order valence-corrected chi connectivity index (χ4v) is 2.66. The maximum atomic E-state index is 12.3. The van der Waals surface area contributed by atoms with Gasteiger partial charge in [-0.2, -0.15) is 5.10 Å². The molecule has 4 N–H and O–H groups in total. The molecule has 0 spiro atoms. The maximum absolute atomic E-state index is 12.3. The smallest absolute Gasteiger partial charge is 0.276 e. The zero-order valence-corrected chi connectivity index (χ0v) is 14.2. The molecule has 6 nitrogen and oxygen atoms in total. The number of carbonyl (C=O) groups excluding carboxylic acids is 1. The highest BCUT2D eigenvalue weighted by Crippen LogP contribution is 2.39. The molecule has 1 saturated carbocycles. The minimum Gasteiger partial charge on any atom is -0.324 e. The van der Waals surface area contributed by atoms with Crippen LogP contribution in [-0.4, -0.2) is 41.6 Å². The molecular weight excluding hydrogens is 302 g/mol. The van der Waals surface area contributed by atoms with Crippen molar-refractivity contribution in [2.45, 2.75) is 31.2 Å². The first-order valence-corrected chi connectivity index (χ1v) is 8.40. The van der Waals surface area contributed by atoms with Crippen molar-refractivity contribution in [1.82, 2.24) is 15.1 Å². The second kappa shape index (κ2) is 7.15. The van der Waals surface area contributed by atoms with Gasteiger partial charge in [0.2, 0.25) is 0 Å². The predicted molar refractivity (Wildman–Crippen MR) is 95.1 cm³/mol. The largest absolute Gasteiger partial charge is 0.324 e. The number of hydrogen-bond acceptors (Lipinski definition) is 4. The molecule has 6 heteroatoms. The Balaban J connectivity index is 1.63. The monoisotopic (exact) mass is 327 g/mol. The highest BCUT2D eigenvalue weighted by atomic mass is 16.1. The third-order valence-corrected chi connectivity index (χ3v) is 4.31. The zero-order valence-electron chi connectivity index (χ0n) is 14.2. The summed E-state index contributed by atoms with van der Waals surface area (Å²) < 4.78 is 0. The Kier molecular flexibility index (Phi) is 4.97. The molecule has 1 unspecified atom stereocenters. The highest BCUT2D eigenvalue weighted by molar-refractivity contribution is 6.02. The summed E-state index contributed by atoms with van der Waals surface area (Å²) >= 11 is 0. The van der Waals surface area contributed by atoms with Crippen LogP contribution in [0, 0.1) is 0 Å². The number of aromatic amines is 1. The molecule has 0 saturated heterocycles. The van der Waals surface area contributed by atoms with Gasteiger partial charge in [-0.15, -0.1) is 0 Å². The van der Waals surface area contributed by atoms with Crippen molar-refractivity contribution in [3.05, 3.63) is 47.3 Å². The summed E-state index contributed by atoms with van der Waals surface area (Å²) in [5.74, 6) is 0.356. The van der Waals surface area contributed by atoms with Crippen LogP contribution in [0.4, 0.5) is 5.69 Å². The number of anilines is 1. The van der Waals surface area contributed by atoms with Gasteiger partial charge in [-0.1, -0.05) is 12.1 Å². The topological polar surface area (TPSA) is 87.0 Å². The molecule has 1 aliphatic carbocycles. The zero-order chi connectivity index (χ0) is 17.1. The summed E-state index contributed by atoms with van der Waals surface area (Å²) in [5, 5.41) is 9.97. The Bertz CT molecular complexity index is 705. The molecule has 0 radical (unpaired) electrons. The SMILES string of the molecule is CN(C)CCC(N)c1cccc(NC(=O)c2cc(C3CC3)[nH]n2)c1. The second-order valence-corrected chi connectivity index (χ2v) is 6.76. The van der Waals surface area contributed by atoms with E-state index in [2.05, 4.69) is 20.4 Å². The van der Waals surface area contributed by atoms with Crippen molar-refractivity contribution in [3.63, 3.8) is 0 Å². The third kappa shape index (κ3) is 4.21. The summed E-state index contributed by atoms with van der Waals surface area (Å²) in [6.07, 6.45) is 3.22. The van der Waals surface area contributed by atoms with Crippen LogP contribution < -0.4 is 11.1 Å². The molecule has 1 aromatic heterocycles. The second-order valence-electron chi connectivity index (χ2n) is 6.76. The molecule has 0 bridgehead atoms. The number of aromatic nitrogens is 2. The Morgan fingerprint density at radius 2 is 2.21 bits per heavy atom. The van der Waals surface area contributed by atoms with Crippen molar-refractivity contribution < 1.29 is 4.79 Å². The molecule has 1 atom stereocenters. The molecule has 128 valence electrons. The Morgan fingerprint density at radius 3 is 2.92 bits per heavy atom. The normalized spacial score (nSPS) is 15.5. The van der Waals surface area contributed by atoms with E-state index in [9.17, 15) is 4.79 Å². The van der Waals surface area contributed by atoms with Gasteiger partial charge in [0.05, 0.1) is 0 Å². The van der Waals surface area contributed by atoms with Crippen LogP contribution in [0.3, 0.4) is 0 Å². The molecule has 3 rings (SSSR count). The van der Waals surface area contributed by atoms with Gasteiger partial charge >= 0.3 is 0 Å². The van der Waals surface area contributed by atoms with Gasteiger partial charge in [0.15, 0.2) is 5.69 Å². The molecule has 1 amide bonds. The third-order valence-electron chi connectivity index (χ3n) is 4.31. The first kappa shape index (κ1) is 16.7. The molecule has 1 aliphatic rings. The van der Waals surface area contributed by atoms with Gasteiger partial charge in [-0.05, 0) is 63.7 Å². The molecule has 1 fully saturated rings. The lowest BCUT2D eigenvalue weighted by Crippen LogP contribution is -2.20. The van der Waals surface area contributed by atoms with Crippen LogP contribution in [0.2, 0.25) is 0 Å². The molecule has 24 heavy (non-hydrogen) atoms. The summed E-state index contributed by atoms with van der Waals surface area (Å²) in [7, 11) is 4.06. The minimum absolute atomic E-state index is 0.0453. The van der Waals surface area contributed by atoms with E-state index in [1.165, 1.54) is 12.8 Å². The summed E-state index contributed by atoms with van der Waals surface area (Å²) in [6.45, 7) is 0.926. The van der Waals surface area contributed by atoms with Gasteiger partial charge in [-0.25, -0.2) is 0 Å². The van der Waals surface area contributed by atoms with Crippen molar-refractivity contribution in [2.75, 3.05) is 26.0 Å². The average molecular weight is 327 g/mol. The summed E-state index contributed by atoms with van der Waals surface area (Å²) in [4.78, 5) is 14.4. The van der Waals surface area contributed by atoms with Gasteiger partial charge in [0.25, 0.3) is 5.91 Å². The number of hydrogen-bond donors (Lipinski definition) is 3. The first-order valence-electron chi connectivity index (χ1n) is 8.40. The fourth-order valence-electron chi connectivity index (χ4n) is 2.66. The van der Waals surface area contributed by atoms with Crippen molar-refractivity contribution in [2.24, 2.45) is 5.73 Å². The predicted octanol–water partition coefficient (Wildman–Crippen LogP) is 2.49. The lowest BCUT2D eigenvalue weighted by Gasteiger charge is -2.16. The maximum Gasteiger partial charge on any atom is 0.276 e. The summed E-state index contributed by atoms with van der Waals surface area (Å²) in [5.41, 5.74) is 9.49. The standard InChI is InChI=1S/C18H25N5O/c1-23(2)9-8-15(19)13-4-3-5-14(10-13)20-18(24)17-11-16(21-22-17)12-6-7-12/h3-5,10-12,15H,6-9,19H2,1-2H3,(H,20,24)(H,21,22). The number of carbonyl (C=O) groups is 1. The van der Waals surface area contributed by atoms with Crippen molar-refractivity contribution >= 4 is 11.6 Å². The van der Waals surface area contributed by atoms with Gasteiger partial charge in [0, 0.05) is 23.3 Å². The van der Waals surface area contributed by atoms with Crippen molar-refractivity contribution in [1.29, 1.82) is 0 Å². The molecule has 1 heterocycles. The van der Waals surface area contributed by atoms with Crippen LogP contribution in [0.25, 0.3) is 0 Å². The number of amides is 1. The van der Waals surface area contributed by atoms with E-state index < -0.39 is 0 Å². The number of nitrogens with one attached hydrogen (secondary N) is 2. The Hall–Kier alpha value is -2.18. The van der Waals surface area contributed by atoms with E-state index in [0.29, 0.717) is 11.6 Å². The molecule has 2 aromatic rings. The van der Waals surface area contributed by atoms with E-state index in [4.69, 9.17) is 5.73 Å².